The van der Waals surface area contributed by atoms with E-state index in [0.29, 0.717) is 23.4 Å². The van der Waals surface area contributed by atoms with E-state index in [0.717, 1.165) is 18.4 Å². The lowest BCUT2D eigenvalue weighted by Crippen LogP contribution is -2.29. The third-order valence-corrected chi connectivity index (χ3v) is 3.52. The minimum Gasteiger partial charge on any atom is -0.398 e. The largest absolute Gasteiger partial charge is 0.398 e. The number of anilines is 3. The first-order valence-corrected chi connectivity index (χ1v) is 6.63. The molecule has 0 radical (unpaired) electrons. The van der Waals surface area contributed by atoms with Crippen molar-refractivity contribution in [1.82, 2.24) is 9.66 Å². The first kappa shape index (κ1) is 13.2. The number of rotatable bonds is 2. The Bertz CT molecular complexity index is 781. The summed E-state index contributed by atoms with van der Waals surface area (Å²) in [6.07, 6.45) is 3.52. The van der Waals surface area contributed by atoms with E-state index in [4.69, 9.17) is 11.5 Å². The average Bonchev–Trinajstić information content (AvgIpc) is 2.44. The molecule has 1 heterocycles. The molecule has 1 aromatic heterocycles. The topological polar surface area (TPSA) is 116 Å². The maximum absolute atomic E-state index is 12.0. The maximum Gasteiger partial charge on any atom is 0.368 e. The van der Waals surface area contributed by atoms with E-state index in [-0.39, 0.29) is 11.6 Å². The number of ketones is 1. The number of nitrogens with zero attached hydrogens (tertiary/aromatic N) is 2. The van der Waals surface area contributed by atoms with Crippen LogP contribution in [0.15, 0.2) is 29.2 Å². The summed E-state index contributed by atoms with van der Waals surface area (Å²) in [6.45, 7) is 0. The van der Waals surface area contributed by atoms with Gasteiger partial charge in [0, 0.05) is 23.9 Å². The molecular weight excluding hydrogens is 270 g/mol. The zero-order valence-electron chi connectivity index (χ0n) is 11.3. The fraction of sp³-hybridized carbons (Fsp3) is 0.214. The maximum atomic E-state index is 12.0. The summed E-state index contributed by atoms with van der Waals surface area (Å²) in [5.74, 6) is 0.202. The molecule has 5 N–H and O–H groups in total. The van der Waals surface area contributed by atoms with Crippen molar-refractivity contribution in [2.24, 2.45) is 0 Å². The smallest absolute Gasteiger partial charge is 0.368 e. The molecule has 2 aromatic rings. The summed E-state index contributed by atoms with van der Waals surface area (Å²) in [4.78, 5) is 27.4. The number of benzene rings is 1. The van der Waals surface area contributed by atoms with Crippen molar-refractivity contribution < 1.29 is 4.79 Å². The van der Waals surface area contributed by atoms with Gasteiger partial charge in [0.15, 0.2) is 5.78 Å². The van der Waals surface area contributed by atoms with Gasteiger partial charge in [-0.1, -0.05) is 0 Å². The predicted octanol–water partition coefficient (Wildman–Crippen LogP) is 0.802. The standard InChI is InChI=1S/C14H15N5O2/c15-9-4-5-10(8-2-1-3-11(20)13(8)9)18-19-7-6-12(16)17-14(19)21/h4-7,18H,1-3,15H2,(H2,16,17,21). The van der Waals surface area contributed by atoms with Crippen LogP contribution in [0.4, 0.5) is 17.2 Å². The molecule has 3 rings (SSSR count). The fourth-order valence-electron chi connectivity index (χ4n) is 2.54. The highest BCUT2D eigenvalue weighted by molar-refractivity contribution is 6.04. The Morgan fingerprint density at radius 3 is 2.71 bits per heavy atom. The number of hydrogen-bond acceptors (Lipinski definition) is 6. The second kappa shape index (κ2) is 4.93. The monoisotopic (exact) mass is 285 g/mol. The zero-order valence-corrected chi connectivity index (χ0v) is 11.3. The highest BCUT2D eigenvalue weighted by atomic mass is 16.2. The summed E-state index contributed by atoms with van der Waals surface area (Å²) >= 11 is 0. The lowest BCUT2D eigenvalue weighted by Gasteiger charge is -2.21. The van der Waals surface area contributed by atoms with Crippen molar-refractivity contribution in [2.45, 2.75) is 19.3 Å². The van der Waals surface area contributed by atoms with Gasteiger partial charge < -0.3 is 11.5 Å². The summed E-state index contributed by atoms with van der Waals surface area (Å²) < 4.78 is 1.22. The van der Waals surface area contributed by atoms with Gasteiger partial charge in [0.05, 0.1) is 5.69 Å². The Morgan fingerprint density at radius 2 is 1.95 bits per heavy atom. The van der Waals surface area contributed by atoms with Crippen LogP contribution in [0.2, 0.25) is 0 Å². The molecule has 1 aromatic carbocycles. The van der Waals surface area contributed by atoms with E-state index >= 15 is 0 Å². The number of carbonyl (C=O) groups excluding carboxylic acids is 1. The van der Waals surface area contributed by atoms with Crippen LogP contribution in [-0.4, -0.2) is 15.4 Å². The molecule has 0 saturated carbocycles. The molecule has 1 aliphatic carbocycles. The summed E-state index contributed by atoms with van der Waals surface area (Å²) in [7, 11) is 0. The molecule has 0 spiro atoms. The van der Waals surface area contributed by atoms with E-state index in [9.17, 15) is 9.59 Å². The van der Waals surface area contributed by atoms with Gasteiger partial charge in [-0.3, -0.25) is 10.2 Å². The van der Waals surface area contributed by atoms with Crippen LogP contribution in [0, 0.1) is 0 Å². The third kappa shape index (κ3) is 2.33. The lowest BCUT2D eigenvalue weighted by molar-refractivity contribution is 0.0973. The van der Waals surface area contributed by atoms with Crippen LogP contribution in [0.3, 0.4) is 0 Å². The number of nitrogens with two attached hydrogens (primary N) is 2. The van der Waals surface area contributed by atoms with Crippen molar-refractivity contribution >= 4 is 23.0 Å². The van der Waals surface area contributed by atoms with Gasteiger partial charge in [-0.15, -0.1) is 0 Å². The summed E-state index contributed by atoms with van der Waals surface area (Å²) in [6, 6.07) is 4.94. The molecule has 1 aliphatic rings. The number of carbonyl (C=O) groups is 1. The van der Waals surface area contributed by atoms with E-state index in [1.807, 2.05) is 0 Å². The highest BCUT2D eigenvalue weighted by Gasteiger charge is 2.22. The van der Waals surface area contributed by atoms with Gasteiger partial charge >= 0.3 is 5.69 Å². The van der Waals surface area contributed by atoms with Crippen LogP contribution in [-0.2, 0) is 6.42 Å². The third-order valence-electron chi connectivity index (χ3n) is 3.52. The van der Waals surface area contributed by atoms with Gasteiger partial charge in [0.2, 0.25) is 0 Å². The Hall–Kier alpha value is -2.83. The number of Topliss-reactive ketones (excluding diaryl/α,β-unsaturated/α-hetero) is 1. The normalized spacial score (nSPS) is 13.8. The van der Waals surface area contributed by atoms with Crippen LogP contribution in [0.1, 0.15) is 28.8 Å². The average molecular weight is 285 g/mol. The van der Waals surface area contributed by atoms with Crippen molar-refractivity contribution in [1.29, 1.82) is 0 Å². The molecule has 0 amide bonds. The first-order chi connectivity index (χ1) is 10.1. The molecule has 0 unspecified atom stereocenters. The van der Waals surface area contributed by atoms with Crippen molar-refractivity contribution in [3.8, 4) is 0 Å². The number of nitrogen functional groups attached to an aromatic ring is 2. The van der Waals surface area contributed by atoms with Crippen LogP contribution in [0.25, 0.3) is 0 Å². The predicted molar refractivity (Wildman–Crippen MR) is 80.1 cm³/mol. The quantitative estimate of drug-likeness (QED) is 0.703. The second-order valence-corrected chi connectivity index (χ2v) is 4.95. The zero-order chi connectivity index (χ0) is 15.0. The molecule has 0 aliphatic heterocycles. The Kier molecular flexibility index (Phi) is 3.09. The molecule has 0 saturated heterocycles. The van der Waals surface area contributed by atoms with E-state index in [1.165, 1.54) is 16.9 Å². The molecule has 7 heteroatoms. The molecule has 7 nitrogen and oxygen atoms in total. The number of aromatic nitrogens is 2. The number of nitrogens with one attached hydrogen (secondary N) is 1. The second-order valence-electron chi connectivity index (χ2n) is 4.95. The van der Waals surface area contributed by atoms with E-state index < -0.39 is 5.69 Å². The van der Waals surface area contributed by atoms with Crippen LogP contribution >= 0.6 is 0 Å². The van der Waals surface area contributed by atoms with Crippen LogP contribution in [0.5, 0.6) is 0 Å². The Morgan fingerprint density at radius 1 is 1.14 bits per heavy atom. The number of fused-ring (bicyclic) bond motifs is 1. The summed E-state index contributed by atoms with van der Waals surface area (Å²) in [5.41, 5.74) is 16.4. The minimum atomic E-state index is -0.511. The molecule has 0 bridgehead atoms. The fourth-order valence-corrected chi connectivity index (χ4v) is 2.54. The van der Waals surface area contributed by atoms with Gasteiger partial charge in [-0.2, -0.15) is 4.98 Å². The van der Waals surface area contributed by atoms with Gasteiger partial charge in [0.25, 0.3) is 0 Å². The first-order valence-electron chi connectivity index (χ1n) is 6.63. The number of hydrogen-bond donors (Lipinski definition) is 3. The van der Waals surface area contributed by atoms with Crippen molar-refractivity contribution in [3.63, 3.8) is 0 Å². The van der Waals surface area contributed by atoms with Gasteiger partial charge in [0.1, 0.15) is 5.82 Å². The van der Waals surface area contributed by atoms with E-state index in [2.05, 4.69) is 10.4 Å². The lowest BCUT2D eigenvalue weighted by atomic mass is 9.88. The Labute approximate surface area is 120 Å². The highest BCUT2D eigenvalue weighted by Crippen LogP contribution is 2.32. The molecule has 0 fully saturated rings. The minimum absolute atomic E-state index is 0.0418. The van der Waals surface area contributed by atoms with Gasteiger partial charge in [-0.05, 0) is 36.6 Å². The van der Waals surface area contributed by atoms with Gasteiger partial charge in [-0.25, -0.2) is 9.47 Å². The van der Waals surface area contributed by atoms with Crippen molar-refractivity contribution in [3.05, 3.63) is 46.0 Å². The molecular formula is C14H15N5O2. The molecule has 0 atom stereocenters. The Balaban J connectivity index is 2.06. The van der Waals surface area contributed by atoms with Crippen LogP contribution < -0.4 is 22.6 Å². The SMILES string of the molecule is Nc1ccn(Nc2ccc(N)c3c2CCCC3=O)c(=O)n1. The summed E-state index contributed by atoms with van der Waals surface area (Å²) in [5, 5.41) is 0. The molecule has 21 heavy (non-hydrogen) atoms. The molecule has 108 valence electrons. The van der Waals surface area contributed by atoms with E-state index in [1.54, 1.807) is 12.1 Å². The van der Waals surface area contributed by atoms with Crippen molar-refractivity contribution in [2.75, 3.05) is 16.9 Å².